The first-order valence-electron chi connectivity index (χ1n) is 6.16. The summed E-state index contributed by atoms with van der Waals surface area (Å²) in [6.45, 7) is 0.202. The van der Waals surface area contributed by atoms with Crippen LogP contribution in [-0.4, -0.2) is 38.4 Å². The Morgan fingerprint density at radius 3 is 2.77 bits per heavy atom. The van der Waals surface area contributed by atoms with Gasteiger partial charge < -0.3 is 10.1 Å². The maximum absolute atomic E-state index is 12.0. The Morgan fingerprint density at radius 2 is 2.23 bits per heavy atom. The summed E-state index contributed by atoms with van der Waals surface area (Å²) >= 11 is 0. The van der Waals surface area contributed by atoms with Gasteiger partial charge in [0.2, 0.25) is 11.8 Å². The molecule has 2 rings (SSSR count). The summed E-state index contributed by atoms with van der Waals surface area (Å²) in [7, 11) is 0. The van der Waals surface area contributed by atoms with Crippen LogP contribution in [0.25, 0.3) is 0 Å². The lowest BCUT2D eigenvalue weighted by Gasteiger charge is -2.12. The molecule has 0 fully saturated rings. The minimum absolute atomic E-state index is 0.181. The first-order valence-corrected chi connectivity index (χ1v) is 6.16. The molecule has 0 aliphatic rings. The number of aromatic nitrogens is 4. The van der Waals surface area contributed by atoms with E-state index in [0.717, 1.165) is 0 Å². The number of carbonyl (C=O) groups is 1. The molecule has 0 aliphatic heterocycles. The molecule has 2 heterocycles. The minimum Gasteiger partial charge on any atom is -0.468 e. The summed E-state index contributed by atoms with van der Waals surface area (Å²) in [6, 6.07) is 2.04. The van der Waals surface area contributed by atoms with Gasteiger partial charge in [-0.15, -0.1) is 0 Å². The maximum Gasteiger partial charge on any atom is 0.422 e. The lowest BCUT2D eigenvalue weighted by molar-refractivity contribution is -0.154. The molecule has 0 saturated heterocycles. The van der Waals surface area contributed by atoms with Crippen molar-refractivity contribution in [2.75, 3.05) is 11.9 Å². The first-order chi connectivity index (χ1) is 10.3. The van der Waals surface area contributed by atoms with Crippen LogP contribution in [0.15, 0.2) is 31.0 Å². The Labute approximate surface area is 123 Å². The van der Waals surface area contributed by atoms with Crippen LogP contribution >= 0.6 is 0 Å². The maximum atomic E-state index is 12.0. The standard InChI is InChI=1S/C12H12F3N5O2/c1-8(20-7-16-6-18-20)11(21)19-9-2-3-10(17-4-9)22-5-12(13,14)15/h2-4,6-8H,5H2,1H3,(H,19,21). The number of halogens is 3. The van der Waals surface area contributed by atoms with Gasteiger partial charge in [-0.2, -0.15) is 18.3 Å². The van der Waals surface area contributed by atoms with E-state index in [1.807, 2.05) is 0 Å². The minimum atomic E-state index is -4.43. The van der Waals surface area contributed by atoms with Gasteiger partial charge in [0.1, 0.15) is 18.7 Å². The van der Waals surface area contributed by atoms with E-state index in [-0.39, 0.29) is 11.8 Å². The number of nitrogens with one attached hydrogen (secondary N) is 1. The van der Waals surface area contributed by atoms with Crippen molar-refractivity contribution in [2.24, 2.45) is 0 Å². The molecule has 2 aromatic rings. The van der Waals surface area contributed by atoms with Crippen LogP contribution in [0, 0.1) is 0 Å². The smallest absolute Gasteiger partial charge is 0.422 e. The van der Waals surface area contributed by atoms with E-state index < -0.39 is 18.8 Å². The van der Waals surface area contributed by atoms with Crippen molar-refractivity contribution in [3.8, 4) is 5.88 Å². The number of pyridine rings is 1. The highest BCUT2D eigenvalue weighted by Crippen LogP contribution is 2.18. The van der Waals surface area contributed by atoms with Crippen LogP contribution in [0.4, 0.5) is 18.9 Å². The molecule has 1 amide bonds. The SMILES string of the molecule is CC(C(=O)Nc1ccc(OCC(F)(F)F)nc1)n1cncn1. The fourth-order valence-corrected chi connectivity index (χ4v) is 1.48. The van der Waals surface area contributed by atoms with Crippen LogP contribution in [0.2, 0.25) is 0 Å². The Bertz CT molecular complexity index is 613. The van der Waals surface area contributed by atoms with Crippen LogP contribution in [-0.2, 0) is 4.79 Å². The molecule has 2 aromatic heterocycles. The topological polar surface area (TPSA) is 81.9 Å². The second-order valence-electron chi connectivity index (χ2n) is 4.33. The molecule has 7 nitrogen and oxygen atoms in total. The summed E-state index contributed by atoms with van der Waals surface area (Å²) in [6.07, 6.45) is -0.520. The van der Waals surface area contributed by atoms with Crippen molar-refractivity contribution >= 4 is 11.6 Å². The molecule has 10 heteroatoms. The lowest BCUT2D eigenvalue weighted by Crippen LogP contribution is -2.24. The Hall–Kier alpha value is -2.65. The van der Waals surface area contributed by atoms with E-state index in [1.54, 1.807) is 6.92 Å². The molecule has 0 aliphatic carbocycles. The quantitative estimate of drug-likeness (QED) is 0.910. The van der Waals surface area contributed by atoms with E-state index in [1.165, 1.54) is 35.7 Å². The molecule has 0 bridgehead atoms. The van der Waals surface area contributed by atoms with Gasteiger partial charge >= 0.3 is 6.18 Å². The fraction of sp³-hybridized carbons (Fsp3) is 0.333. The number of anilines is 1. The van der Waals surface area contributed by atoms with Crippen LogP contribution in [0.3, 0.4) is 0 Å². The molecule has 1 unspecified atom stereocenters. The molecule has 1 atom stereocenters. The fourth-order valence-electron chi connectivity index (χ4n) is 1.48. The Morgan fingerprint density at radius 1 is 1.45 bits per heavy atom. The van der Waals surface area contributed by atoms with Gasteiger partial charge in [0.05, 0.1) is 11.9 Å². The normalized spacial score (nSPS) is 12.7. The van der Waals surface area contributed by atoms with Gasteiger partial charge in [-0.25, -0.2) is 14.6 Å². The third kappa shape index (κ3) is 4.43. The predicted octanol–water partition coefficient (Wildman–Crippen LogP) is 1.81. The van der Waals surface area contributed by atoms with E-state index in [4.69, 9.17) is 0 Å². The molecule has 0 aromatic carbocycles. The molecule has 22 heavy (non-hydrogen) atoms. The third-order valence-corrected chi connectivity index (χ3v) is 2.60. The molecular weight excluding hydrogens is 303 g/mol. The third-order valence-electron chi connectivity index (χ3n) is 2.60. The largest absolute Gasteiger partial charge is 0.468 e. The Balaban J connectivity index is 1.92. The molecule has 0 radical (unpaired) electrons. The zero-order valence-corrected chi connectivity index (χ0v) is 11.4. The Kier molecular flexibility index (Phi) is 4.59. The van der Waals surface area contributed by atoms with Gasteiger partial charge in [-0.1, -0.05) is 0 Å². The molecule has 118 valence electrons. The summed E-state index contributed by atoms with van der Waals surface area (Å²) < 4.78 is 41.8. The molecule has 0 spiro atoms. The first kappa shape index (κ1) is 15.7. The van der Waals surface area contributed by atoms with Gasteiger partial charge in [0.25, 0.3) is 0 Å². The van der Waals surface area contributed by atoms with Crippen molar-refractivity contribution in [3.05, 3.63) is 31.0 Å². The second kappa shape index (κ2) is 6.41. The van der Waals surface area contributed by atoms with Crippen molar-refractivity contribution in [2.45, 2.75) is 19.1 Å². The van der Waals surface area contributed by atoms with Crippen LogP contribution in [0.1, 0.15) is 13.0 Å². The average Bonchev–Trinajstić information content (AvgIpc) is 2.99. The molecule has 0 saturated carbocycles. The monoisotopic (exact) mass is 315 g/mol. The van der Waals surface area contributed by atoms with Crippen molar-refractivity contribution in [1.82, 2.24) is 19.7 Å². The average molecular weight is 315 g/mol. The number of alkyl halides is 3. The summed E-state index contributed by atoms with van der Waals surface area (Å²) in [5.74, 6) is -0.545. The van der Waals surface area contributed by atoms with Gasteiger partial charge in [-0.3, -0.25) is 4.79 Å². The number of rotatable bonds is 5. The van der Waals surface area contributed by atoms with Crippen LogP contribution < -0.4 is 10.1 Å². The number of ether oxygens (including phenoxy) is 1. The van der Waals surface area contributed by atoms with Gasteiger partial charge in [0.15, 0.2) is 6.61 Å². The lowest BCUT2D eigenvalue weighted by atomic mass is 10.3. The van der Waals surface area contributed by atoms with E-state index in [0.29, 0.717) is 5.69 Å². The number of nitrogens with zero attached hydrogens (tertiary/aromatic N) is 4. The molecular formula is C12H12F3N5O2. The number of carbonyl (C=O) groups excluding carboxylic acids is 1. The summed E-state index contributed by atoms with van der Waals surface area (Å²) in [5, 5.41) is 6.40. The van der Waals surface area contributed by atoms with Gasteiger partial charge in [-0.05, 0) is 13.0 Å². The number of hydrogen-bond acceptors (Lipinski definition) is 5. The van der Waals surface area contributed by atoms with Gasteiger partial charge in [0, 0.05) is 6.07 Å². The van der Waals surface area contributed by atoms with Crippen LogP contribution in [0.5, 0.6) is 5.88 Å². The zero-order valence-electron chi connectivity index (χ0n) is 11.4. The predicted molar refractivity (Wildman–Crippen MR) is 69.1 cm³/mol. The summed E-state index contributed by atoms with van der Waals surface area (Å²) in [5.41, 5.74) is 0.330. The van der Waals surface area contributed by atoms with E-state index >= 15 is 0 Å². The van der Waals surface area contributed by atoms with Crippen molar-refractivity contribution in [1.29, 1.82) is 0 Å². The zero-order chi connectivity index (χ0) is 16.2. The second-order valence-corrected chi connectivity index (χ2v) is 4.33. The molecule has 1 N–H and O–H groups in total. The number of amides is 1. The summed E-state index contributed by atoms with van der Waals surface area (Å²) in [4.78, 5) is 19.4. The highest BCUT2D eigenvalue weighted by Gasteiger charge is 2.28. The highest BCUT2D eigenvalue weighted by molar-refractivity contribution is 5.93. The van der Waals surface area contributed by atoms with Crippen molar-refractivity contribution < 1.29 is 22.7 Å². The highest BCUT2D eigenvalue weighted by atomic mass is 19.4. The van der Waals surface area contributed by atoms with E-state index in [9.17, 15) is 18.0 Å². The van der Waals surface area contributed by atoms with E-state index in [2.05, 4.69) is 25.1 Å². The number of hydrogen-bond donors (Lipinski definition) is 1. The van der Waals surface area contributed by atoms with Crippen molar-refractivity contribution in [3.63, 3.8) is 0 Å².